The first-order valence-electron chi connectivity index (χ1n) is 7.09. The lowest BCUT2D eigenvalue weighted by atomic mass is 10.2. The molecule has 1 unspecified atom stereocenters. The zero-order valence-electron chi connectivity index (χ0n) is 12.1. The van der Waals surface area contributed by atoms with Crippen molar-refractivity contribution in [3.63, 3.8) is 0 Å². The first-order chi connectivity index (χ1) is 10.1. The fourth-order valence-corrected chi connectivity index (χ4v) is 2.17. The lowest BCUT2D eigenvalue weighted by Crippen LogP contribution is -2.37. The molecule has 1 heterocycles. The summed E-state index contributed by atoms with van der Waals surface area (Å²) < 4.78 is 5.46. The Kier molecular flexibility index (Phi) is 5.51. The fourth-order valence-electron chi connectivity index (χ4n) is 2.17. The van der Waals surface area contributed by atoms with Crippen LogP contribution in [0.3, 0.4) is 0 Å². The topological polar surface area (TPSA) is 67.4 Å². The van der Waals surface area contributed by atoms with Gasteiger partial charge in [0.05, 0.1) is 6.10 Å². The quantitative estimate of drug-likeness (QED) is 0.806. The smallest absolute Gasteiger partial charge is 0.267 e. The maximum atomic E-state index is 12.2. The van der Waals surface area contributed by atoms with Crippen molar-refractivity contribution in [2.75, 3.05) is 13.2 Å². The molecule has 2 amide bonds. The summed E-state index contributed by atoms with van der Waals surface area (Å²) >= 11 is 0. The molecular formula is C16H20N2O3. The number of rotatable bonds is 5. The molecule has 0 aromatic heterocycles. The minimum atomic E-state index is -0.301. The Morgan fingerprint density at radius 1 is 1.33 bits per heavy atom. The molecular weight excluding hydrogens is 268 g/mol. The van der Waals surface area contributed by atoms with Gasteiger partial charge in [0, 0.05) is 20.1 Å². The molecule has 21 heavy (non-hydrogen) atoms. The highest BCUT2D eigenvalue weighted by Gasteiger charge is 2.18. The van der Waals surface area contributed by atoms with Crippen LogP contribution in [0.1, 0.15) is 25.3 Å². The summed E-state index contributed by atoms with van der Waals surface area (Å²) in [6, 6.07) is 9.39. The van der Waals surface area contributed by atoms with Crippen molar-refractivity contribution in [2.24, 2.45) is 0 Å². The van der Waals surface area contributed by atoms with Crippen molar-refractivity contribution in [1.82, 2.24) is 10.6 Å². The van der Waals surface area contributed by atoms with Gasteiger partial charge >= 0.3 is 0 Å². The molecule has 1 aliphatic rings. The van der Waals surface area contributed by atoms with E-state index >= 15 is 0 Å². The van der Waals surface area contributed by atoms with E-state index in [1.54, 1.807) is 6.08 Å². The van der Waals surface area contributed by atoms with Crippen molar-refractivity contribution in [3.8, 4) is 0 Å². The van der Waals surface area contributed by atoms with E-state index < -0.39 is 0 Å². The Morgan fingerprint density at radius 3 is 2.71 bits per heavy atom. The minimum Gasteiger partial charge on any atom is -0.376 e. The molecule has 1 atom stereocenters. The number of ether oxygens (including phenoxy) is 1. The number of hydrogen-bond acceptors (Lipinski definition) is 3. The molecule has 5 nitrogen and oxygen atoms in total. The predicted molar refractivity (Wildman–Crippen MR) is 80.2 cm³/mol. The van der Waals surface area contributed by atoms with Crippen LogP contribution in [0.25, 0.3) is 6.08 Å². The SMILES string of the molecule is CC(=O)N/C(=C\c1ccccc1)C(=O)NCC1CCCO1. The summed E-state index contributed by atoms with van der Waals surface area (Å²) in [5, 5.41) is 5.38. The van der Waals surface area contributed by atoms with Crippen LogP contribution < -0.4 is 10.6 Å². The fraction of sp³-hybridized carbons (Fsp3) is 0.375. The minimum absolute atomic E-state index is 0.0734. The lowest BCUT2D eigenvalue weighted by molar-refractivity contribution is -0.122. The van der Waals surface area contributed by atoms with Gasteiger partial charge in [-0.15, -0.1) is 0 Å². The number of hydrogen-bond donors (Lipinski definition) is 2. The molecule has 0 aliphatic carbocycles. The standard InChI is InChI=1S/C16H20N2O3/c1-12(19)18-15(10-13-6-3-2-4-7-13)16(20)17-11-14-8-5-9-21-14/h2-4,6-7,10,14H,5,8-9,11H2,1H3,(H,17,20)(H,18,19)/b15-10-. The Balaban J connectivity index is 2.02. The lowest BCUT2D eigenvalue weighted by Gasteiger charge is -2.13. The molecule has 1 aromatic rings. The predicted octanol–water partition coefficient (Wildman–Crippen LogP) is 1.46. The van der Waals surface area contributed by atoms with E-state index in [4.69, 9.17) is 4.74 Å². The third-order valence-electron chi connectivity index (χ3n) is 3.18. The van der Waals surface area contributed by atoms with Gasteiger partial charge in [0.2, 0.25) is 5.91 Å². The van der Waals surface area contributed by atoms with Crippen molar-refractivity contribution in [2.45, 2.75) is 25.9 Å². The van der Waals surface area contributed by atoms with Crippen molar-refractivity contribution in [3.05, 3.63) is 41.6 Å². The second-order valence-electron chi connectivity index (χ2n) is 4.99. The molecule has 0 saturated carbocycles. The largest absolute Gasteiger partial charge is 0.376 e. The summed E-state index contributed by atoms with van der Waals surface area (Å²) in [4.78, 5) is 23.4. The van der Waals surface area contributed by atoms with Crippen LogP contribution in [0.5, 0.6) is 0 Å². The molecule has 5 heteroatoms. The van der Waals surface area contributed by atoms with E-state index in [9.17, 15) is 9.59 Å². The number of nitrogens with one attached hydrogen (secondary N) is 2. The van der Waals surface area contributed by atoms with Gasteiger partial charge < -0.3 is 15.4 Å². The average Bonchev–Trinajstić information content (AvgIpc) is 2.98. The maximum absolute atomic E-state index is 12.2. The first-order valence-corrected chi connectivity index (χ1v) is 7.09. The highest BCUT2D eigenvalue weighted by atomic mass is 16.5. The van der Waals surface area contributed by atoms with Crippen LogP contribution >= 0.6 is 0 Å². The van der Waals surface area contributed by atoms with Gasteiger partial charge in [-0.25, -0.2) is 0 Å². The Hall–Kier alpha value is -2.14. The molecule has 112 valence electrons. The van der Waals surface area contributed by atoms with Gasteiger partial charge in [-0.05, 0) is 24.5 Å². The molecule has 2 rings (SSSR count). The van der Waals surface area contributed by atoms with E-state index in [0.29, 0.717) is 6.54 Å². The normalized spacial score (nSPS) is 18.3. The maximum Gasteiger partial charge on any atom is 0.267 e. The summed E-state index contributed by atoms with van der Waals surface area (Å²) in [6.07, 6.45) is 3.72. The first kappa shape index (κ1) is 15.3. The number of benzene rings is 1. The van der Waals surface area contributed by atoms with E-state index in [0.717, 1.165) is 25.0 Å². The van der Waals surface area contributed by atoms with E-state index in [1.807, 2.05) is 30.3 Å². The van der Waals surface area contributed by atoms with E-state index in [-0.39, 0.29) is 23.6 Å². The molecule has 1 aromatic carbocycles. The molecule has 1 saturated heterocycles. The van der Waals surface area contributed by atoms with Crippen LogP contribution in [-0.2, 0) is 14.3 Å². The van der Waals surface area contributed by atoms with Crippen LogP contribution in [0.4, 0.5) is 0 Å². The van der Waals surface area contributed by atoms with Crippen molar-refractivity contribution in [1.29, 1.82) is 0 Å². The van der Waals surface area contributed by atoms with Gasteiger partial charge in [0.15, 0.2) is 0 Å². The van der Waals surface area contributed by atoms with Crippen LogP contribution in [-0.4, -0.2) is 31.1 Å². The Bertz CT molecular complexity index is 520. The summed E-state index contributed by atoms with van der Waals surface area (Å²) in [5.74, 6) is -0.575. The van der Waals surface area contributed by atoms with Crippen molar-refractivity contribution < 1.29 is 14.3 Å². The van der Waals surface area contributed by atoms with Gasteiger partial charge in [-0.2, -0.15) is 0 Å². The number of amides is 2. The van der Waals surface area contributed by atoms with Gasteiger partial charge in [-0.3, -0.25) is 9.59 Å². The number of carbonyl (C=O) groups excluding carboxylic acids is 2. The summed E-state index contributed by atoms with van der Waals surface area (Å²) in [6.45, 7) is 2.59. The van der Waals surface area contributed by atoms with E-state index in [2.05, 4.69) is 10.6 Å². The van der Waals surface area contributed by atoms with Crippen LogP contribution in [0.2, 0.25) is 0 Å². The second-order valence-corrected chi connectivity index (χ2v) is 4.99. The molecule has 2 N–H and O–H groups in total. The Morgan fingerprint density at radius 2 is 2.10 bits per heavy atom. The monoisotopic (exact) mass is 288 g/mol. The molecule has 0 radical (unpaired) electrons. The molecule has 0 spiro atoms. The van der Waals surface area contributed by atoms with Crippen LogP contribution in [0, 0.1) is 0 Å². The van der Waals surface area contributed by atoms with Gasteiger partial charge in [-0.1, -0.05) is 30.3 Å². The highest BCUT2D eigenvalue weighted by Crippen LogP contribution is 2.11. The third-order valence-corrected chi connectivity index (χ3v) is 3.18. The molecule has 1 aliphatic heterocycles. The van der Waals surface area contributed by atoms with Crippen molar-refractivity contribution >= 4 is 17.9 Å². The number of carbonyl (C=O) groups is 2. The van der Waals surface area contributed by atoms with E-state index in [1.165, 1.54) is 6.92 Å². The van der Waals surface area contributed by atoms with Gasteiger partial charge in [0.1, 0.15) is 5.70 Å². The van der Waals surface area contributed by atoms with Crippen LogP contribution in [0.15, 0.2) is 36.0 Å². The second kappa shape index (κ2) is 7.59. The molecule has 1 fully saturated rings. The zero-order valence-corrected chi connectivity index (χ0v) is 12.1. The summed E-state index contributed by atoms with van der Waals surface area (Å²) in [5.41, 5.74) is 1.10. The molecule has 0 bridgehead atoms. The average molecular weight is 288 g/mol. The third kappa shape index (κ3) is 5.04. The van der Waals surface area contributed by atoms with Gasteiger partial charge in [0.25, 0.3) is 5.91 Å². The highest BCUT2D eigenvalue weighted by molar-refractivity contribution is 6.00. The zero-order chi connectivity index (χ0) is 15.1. The Labute approximate surface area is 124 Å². The summed E-state index contributed by atoms with van der Waals surface area (Å²) in [7, 11) is 0.